The molecule has 1 aromatic carbocycles. The Morgan fingerprint density at radius 2 is 2.21 bits per heavy atom. The fourth-order valence-electron chi connectivity index (χ4n) is 2.10. The molecule has 1 unspecified atom stereocenters. The van der Waals surface area contributed by atoms with Gasteiger partial charge in [0.15, 0.2) is 0 Å². The molecule has 0 saturated carbocycles. The highest BCUT2D eigenvalue weighted by atomic mass is 16.6. The number of cyclic esters (lactones) is 2. The van der Waals surface area contributed by atoms with Gasteiger partial charge in [-0.1, -0.05) is 12.1 Å². The van der Waals surface area contributed by atoms with Crippen LogP contribution in [0, 0.1) is 0 Å². The zero-order valence-corrected chi connectivity index (χ0v) is 10.1. The maximum absolute atomic E-state index is 11.8. The van der Waals surface area contributed by atoms with Crippen molar-refractivity contribution in [1.82, 2.24) is 20.2 Å². The molecule has 7 nitrogen and oxygen atoms in total. The van der Waals surface area contributed by atoms with Gasteiger partial charge in [0.1, 0.15) is 11.7 Å². The lowest BCUT2D eigenvalue weighted by molar-refractivity contribution is -0.153. The van der Waals surface area contributed by atoms with Crippen molar-refractivity contribution in [1.29, 1.82) is 0 Å². The van der Waals surface area contributed by atoms with Crippen molar-refractivity contribution < 1.29 is 14.3 Å². The van der Waals surface area contributed by atoms with E-state index in [1.165, 1.54) is 11.0 Å². The highest BCUT2D eigenvalue weighted by molar-refractivity contribution is 6.00. The summed E-state index contributed by atoms with van der Waals surface area (Å²) in [5.74, 6) is -1.02. The highest BCUT2D eigenvalue weighted by Gasteiger charge is 2.46. The van der Waals surface area contributed by atoms with E-state index < -0.39 is 17.4 Å². The monoisotopic (exact) mass is 258 g/mol. The van der Waals surface area contributed by atoms with Crippen molar-refractivity contribution in [3.63, 3.8) is 0 Å². The van der Waals surface area contributed by atoms with E-state index in [4.69, 9.17) is 0 Å². The van der Waals surface area contributed by atoms with Gasteiger partial charge < -0.3 is 4.74 Å². The Balaban J connectivity index is 2.05. The number of benzene rings is 1. The molecule has 3 rings (SSSR count). The van der Waals surface area contributed by atoms with Gasteiger partial charge in [0.2, 0.25) is 0 Å². The highest BCUT2D eigenvalue weighted by Crippen LogP contribution is 2.35. The Bertz CT molecular complexity index is 653. The van der Waals surface area contributed by atoms with E-state index in [1.54, 1.807) is 25.1 Å². The molecule has 0 amide bonds. The van der Waals surface area contributed by atoms with E-state index in [0.29, 0.717) is 5.56 Å². The lowest BCUT2D eigenvalue weighted by Crippen LogP contribution is -2.27. The quantitative estimate of drug-likeness (QED) is 0.572. The summed E-state index contributed by atoms with van der Waals surface area (Å²) in [5.41, 5.74) is 0.480. The average Bonchev–Trinajstić information content (AvgIpc) is 2.99. The fourth-order valence-corrected chi connectivity index (χ4v) is 2.10. The molecule has 2 aromatic rings. The molecule has 1 aliphatic rings. The van der Waals surface area contributed by atoms with Gasteiger partial charge in [0, 0.05) is 0 Å². The van der Waals surface area contributed by atoms with Gasteiger partial charge in [-0.3, -0.25) is 9.59 Å². The third-order valence-electron chi connectivity index (χ3n) is 3.25. The molecule has 1 atom stereocenters. The van der Waals surface area contributed by atoms with Crippen LogP contribution in [0.15, 0.2) is 30.6 Å². The van der Waals surface area contributed by atoms with Crippen LogP contribution in [0.1, 0.15) is 18.9 Å². The van der Waals surface area contributed by atoms with Gasteiger partial charge in [-0.15, -0.1) is 5.10 Å². The number of carbonyl (C=O) groups is 2. The molecule has 1 fully saturated rings. The molecule has 0 spiro atoms. The van der Waals surface area contributed by atoms with Crippen LogP contribution in [0.25, 0.3) is 5.69 Å². The third-order valence-corrected chi connectivity index (χ3v) is 3.25. The number of tetrazole rings is 1. The molecule has 1 aliphatic heterocycles. The topological polar surface area (TPSA) is 87.0 Å². The molecule has 0 N–H and O–H groups in total. The van der Waals surface area contributed by atoms with Crippen LogP contribution in [-0.4, -0.2) is 32.1 Å². The summed E-state index contributed by atoms with van der Waals surface area (Å²) in [4.78, 5) is 23.1. The molecule has 0 bridgehead atoms. The largest absolute Gasteiger partial charge is 0.392 e. The van der Waals surface area contributed by atoms with Crippen molar-refractivity contribution in [3.8, 4) is 5.69 Å². The van der Waals surface area contributed by atoms with Crippen LogP contribution in [0.4, 0.5) is 0 Å². The van der Waals surface area contributed by atoms with Gasteiger partial charge in [0.05, 0.1) is 12.1 Å². The minimum atomic E-state index is -0.943. The molecule has 96 valence electrons. The smallest absolute Gasteiger partial charge is 0.324 e. The summed E-state index contributed by atoms with van der Waals surface area (Å²) in [6, 6.07) is 7.16. The van der Waals surface area contributed by atoms with Crippen molar-refractivity contribution in [2.24, 2.45) is 0 Å². The number of rotatable bonds is 2. The summed E-state index contributed by atoms with van der Waals surface area (Å²) in [7, 11) is 0. The van der Waals surface area contributed by atoms with Gasteiger partial charge in [-0.2, -0.15) is 0 Å². The van der Waals surface area contributed by atoms with Crippen LogP contribution in [-0.2, 0) is 19.7 Å². The van der Waals surface area contributed by atoms with Crippen LogP contribution in [0.2, 0.25) is 0 Å². The molecule has 0 radical (unpaired) electrons. The Kier molecular flexibility index (Phi) is 2.41. The number of nitrogens with zero attached hydrogens (tertiary/aromatic N) is 4. The lowest BCUT2D eigenvalue weighted by Gasteiger charge is -2.18. The summed E-state index contributed by atoms with van der Waals surface area (Å²) >= 11 is 0. The van der Waals surface area contributed by atoms with Crippen molar-refractivity contribution in [2.75, 3.05) is 0 Å². The maximum atomic E-state index is 11.8. The van der Waals surface area contributed by atoms with Crippen LogP contribution in [0.3, 0.4) is 0 Å². The standard InChI is InChI=1S/C12H10N4O3/c1-12(6-10(17)19-11(12)18)8-3-2-4-9(5-8)16-7-13-14-15-16/h2-5,7H,6H2,1H3. The minimum absolute atomic E-state index is 0.0465. The summed E-state index contributed by atoms with van der Waals surface area (Å²) in [6.07, 6.45) is 1.50. The van der Waals surface area contributed by atoms with Crippen LogP contribution < -0.4 is 0 Å². The van der Waals surface area contributed by atoms with E-state index >= 15 is 0 Å². The average molecular weight is 258 g/mol. The first-order valence-electron chi connectivity index (χ1n) is 5.68. The minimum Gasteiger partial charge on any atom is -0.392 e. The normalized spacial score (nSPS) is 22.6. The molecule has 0 aliphatic carbocycles. The second-order valence-electron chi connectivity index (χ2n) is 4.58. The van der Waals surface area contributed by atoms with Crippen molar-refractivity contribution in [3.05, 3.63) is 36.2 Å². The van der Waals surface area contributed by atoms with Gasteiger partial charge in [-0.05, 0) is 35.0 Å². The molecule has 2 heterocycles. The predicted octanol–water partition coefficient (Wildman–Crippen LogP) is 0.393. The van der Waals surface area contributed by atoms with Crippen LogP contribution >= 0.6 is 0 Å². The summed E-state index contributed by atoms with van der Waals surface area (Å²) in [6.45, 7) is 1.69. The van der Waals surface area contributed by atoms with Crippen molar-refractivity contribution >= 4 is 11.9 Å². The Morgan fingerprint density at radius 1 is 1.37 bits per heavy atom. The SMILES string of the molecule is CC1(c2cccc(-n3cnnn3)c2)CC(=O)OC1=O. The first kappa shape index (κ1) is 11.5. The number of aromatic nitrogens is 4. The number of carbonyl (C=O) groups excluding carboxylic acids is 2. The van der Waals surface area contributed by atoms with Crippen LogP contribution in [0.5, 0.6) is 0 Å². The Labute approximate surface area is 108 Å². The molecule has 19 heavy (non-hydrogen) atoms. The molecular weight excluding hydrogens is 248 g/mol. The van der Waals surface area contributed by atoms with E-state index in [9.17, 15) is 9.59 Å². The molecular formula is C12H10N4O3. The lowest BCUT2D eigenvalue weighted by atomic mass is 9.81. The number of ether oxygens (including phenoxy) is 1. The predicted molar refractivity (Wildman–Crippen MR) is 62.2 cm³/mol. The van der Waals surface area contributed by atoms with Gasteiger partial charge >= 0.3 is 11.9 Å². The first-order chi connectivity index (χ1) is 9.09. The summed E-state index contributed by atoms with van der Waals surface area (Å²) < 4.78 is 6.12. The fraction of sp³-hybridized carbons (Fsp3) is 0.250. The van der Waals surface area contributed by atoms with E-state index in [-0.39, 0.29) is 6.42 Å². The maximum Gasteiger partial charge on any atom is 0.324 e. The van der Waals surface area contributed by atoms with Crippen molar-refractivity contribution in [2.45, 2.75) is 18.8 Å². The second-order valence-corrected chi connectivity index (χ2v) is 4.58. The molecule has 7 heteroatoms. The zero-order valence-electron chi connectivity index (χ0n) is 10.1. The Morgan fingerprint density at radius 3 is 2.84 bits per heavy atom. The van der Waals surface area contributed by atoms with E-state index in [2.05, 4.69) is 20.3 Å². The van der Waals surface area contributed by atoms with Gasteiger partial charge in [-0.25, -0.2) is 4.68 Å². The Hall–Kier alpha value is -2.57. The molecule has 1 aromatic heterocycles. The second kappa shape index (κ2) is 3.98. The van der Waals surface area contributed by atoms with E-state index in [0.717, 1.165) is 5.69 Å². The zero-order chi connectivity index (χ0) is 13.5. The molecule has 1 saturated heterocycles. The first-order valence-corrected chi connectivity index (χ1v) is 5.68. The summed E-state index contributed by atoms with van der Waals surface area (Å²) in [5, 5.41) is 10.9. The number of hydrogen-bond acceptors (Lipinski definition) is 6. The number of hydrogen-bond donors (Lipinski definition) is 0. The third kappa shape index (κ3) is 1.79. The van der Waals surface area contributed by atoms with Gasteiger partial charge in [0.25, 0.3) is 0 Å². The number of esters is 2. The van der Waals surface area contributed by atoms with E-state index in [1.807, 2.05) is 6.07 Å².